The highest BCUT2D eigenvalue weighted by Crippen LogP contribution is 2.27. The Morgan fingerprint density at radius 1 is 1.00 bits per heavy atom. The second-order valence-electron chi connectivity index (χ2n) is 10.1. The number of nitrogens with zero attached hydrogens (tertiary/aromatic N) is 4. The van der Waals surface area contributed by atoms with Crippen molar-refractivity contribution in [3.05, 3.63) is 71.9 Å². The van der Waals surface area contributed by atoms with Gasteiger partial charge in [-0.05, 0) is 81.8 Å². The molecule has 4 aromatic rings. The Balaban J connectivity index is 1.46. The Labute approximate surface area is 206 Å². The van der Waals surface area contributed by atoms with E-state index in [1.54, 1.807) is 28.9 Å². The first-order chi connectivity index (χ1) is 16.6. The highest BCUT2D eigenvalue weighted by atomic mass is 32.2. The molecule has 0 saturated heterocycles. The zero-order valence-electron chi connectivity index (χ0n) is 20.4. The van der Waals surface area contributed by atoms with Crippen LogP contribution in [0.25, 0.3) is 16.8 Å². The monoisotopic (exact) mass is 490 g/mol. The third-order valence-electron chi connectivity index (χ3n) is 5.94. The standard InChI is InChI=1S/C26H30N6O2S/c1-26(2,3)30-35(33,34)23-7-5-6-19(15-23)24-11-10-22-16-27-25(29-32(22)24)28-21-9-8-20-17-31(4)13-12-18(20)14-21/h5-11,14-16,30H,12-13,17H2,1-4H3,(H,28,29). The molecule has 2 aromatic carbocycles. The van der Waals surface area contributed by atoms with Crippen LogP contribution in [0.1, 0.15) is 31.9 Å². The molecule has 0 amide bonds. The van der Waals surface area contributed by atoms with Crippen LogP contribution >= 0.6 is 0 Å². The van der Waals surface area contributed by atoms with Gasteiger partial charge in [0.15, 0.2) is 0 Å². The smallest absolute Gasteiger partial charge is 0.245 e. The van der Waals surface area contributed by atoms with E-state index in [2.05, 4.69) is 45.2 Å². The van der Waals surface area contributed by atoms with Crippen molar-refractivity contribution in [3.8, 4) is 11.3 Å². The summed E-state index contributed by atoms with van der Waals surface area (Å²) in [6.45, 7) is 7.47. The summed E-state index contributed by atoms with van der Waals surface area (Å²) >= 11 is 0. The number of rotatable bonds is 5. The van der Waals surface area contributed by atoms with Crippen LogP contribution in [-0.4, -0.2) is 47.0 Å². The van der Waals surface area contributed by atoms with E-state index in [-0.39, 0.29) is 4.90 Å². The molecule has 0 saturated carbocycles. The first-order valence-corrected chi connectivity index (χ1v) is 13.1. The van der Waals surface area contributed by atoms with E-state index in [9.17, 15) is 8.42 Å². The number of fused-ring (bicyclic) bond motifs is 2. The van der Waals surface area contributed by atoms with Crippen LogP contribution in [0.5, 0.6) is 0 Å². The number of sulfonamides is 1. The summed E-state index contributed by atoms with van der Waals surface area (Å²) in [5.74, 6) is 0.473. The van der Waals surface area contributed by atoms with Crippen molar-refractivity contribution in [2.75, 3.05) is 18.9 Å². The number of nitrogens with one attached hydrogen (secondary N) is 2. The molecule has 1 aliphatic heterocycles. The predicted octanol–water partition coefficient (Wildman–Crippen LogP) is 4.20. The third kappa shape index (κ3) is 5.07. The third-order valence-corrected chi connectivity index (χ3v) is 7.70. The quantitative estimate of drug-likeness (QED) is 0.436. The molecule has 3 heterocycles. The number of hydrogen-bond acceptors (Lipinski definition) is 6. The van der Waals surface area contributed by atoms with Crippen molar-refractivity contribution < 1.29 is 8.42 Å². The Morgan fingerprint density at radius 2 is 1.83 bits per heavy atom. The zero-order valence-corrected chi connectivity index (χ0v) is 21.2. The van der Waals surface area contributed by atoms with Crippen molar-refractivity contribution in [1.29, 1.82) is 0 Å². The molecule has 0 radical (unpaired) electrons. The van der Waals surface area contributed by atoms with E-state index in [1.165, 1.54) is 11.1 Å². The van der Waals surface area contributed by atoms with Crippen LogP contribution in [0, 0.1) is 0 Å². The summed E-state index contributed by atoms with van der Waals surface area (Å²) in [6, 6.07) is 17.1. The van der Waals surface area contributed by atoms with E-state index in [0.717, 1.165) is 42.0 Å². The number of anilines is 2. The average Bonchev–Trinajstić information content (AvgIpc) is 3.21. The first-order valence-electron chi connectivity index (χ1n) is 11.6. The molecule has 1 aliphatic rings. The van der Waals surface area contributed by atoms with Gasteiger partial charge >= 0.3 is 0 Å². The van der Waals surface area contributed by atoms with Crippen molar-refractivity contribution in [3.63, 3.8) is 0 Å². The Kier molecular flexibility index (Phi) is 5.86. The molecule has 2 N–H and O–H groups in total. The fourth-order valence-electron chi connectivity index (χ4n) is 4.36. The molecule has 35 heavy (non-hydrogen) atoms. The van der Waals surface area contributed by atoms with E-state index in [0.29, 0.717) is 5.95 Å². The van der Waals surface area contributed by atoms with Crippen LogP contribution in [0.4, 0.5) is 11.6 Å². The molecule has 5 rings (SSSR count). The van der Waals surface area contributed by atoms with Gasteiger partial charge in [-0.1, -0.05) is 18.2 Å². The molecule has 182 valence electrons. The Morgan fingerprint density at radius 3 is 2.63 bits per heavy atom. The molecule has 0 fully saturated rings. The maximum atomic E-state index is 12.9. The molecule has 0 spiro atoms. The fraction of sp³-hybridized carbons (Fsp3) is 0.308. The molecule has 0 unspecified atom stereocenters. The van der Waals surface area contributed by atoms with Gasteiger partial charge in [0.25, 0.3) is 0 Å². The number of aromatic nitrogens is 3. The van der Waals surface area contributed by atoms with Crippen molar-refractivity contribution >= 4 is 27.2 Å². The lowest BCUT2D eigenvalue weighted by Crippen LogP contribution is -2.40. The van der Waals surface area contributed by atoms with E-state index >= 15 is 0 Å². The van der Waals surface area contributed by atoms with E-state index < -0.39 is 15.6 Å². The minimum Gasteiger partial charge on any atom is -0.323 e. The largest absolute Gasteiger partial charge is 0.323 e. The number of hydrogen-bond donors (Lipinski definition) is 2. The highest BCUT2D eigenvalue weighted by molar-refractivity contribution is 7.89. The van der Waals surface area contributed by atoms with Crippen LogP contribution in [-0.2, 0) is 23.0 Å². The highest BCUT2D eigenvalue weighted by Gasteiger charge is 2.22. The van der Waals surface area contributed by atoms with Crippen LogP contribution in [0.2, 0.25) is 0 Å². The minimum atomic E-state index is -3.65. The molecular weight excluding hydrogens is 460 g/mol. The zero-order chi connectivity index (χ0) is 24.8. The fourth-order valence-corrected chi connectivity index (χ4v) is 5.83. The molecule has 0 aliphatic carbocycles. The Bertz CT molecular complexity index is 1500. The summed E-state index contributed by atoms with van der Waals surface area (Å²) in [4.78, 5) is 7.01. The van der Waals surface area contributed by atoms with Crippen LogP contribution < -0.4 is 10.0 Å². The lowest BCUT2D eigenvalue weighted by atomic mass is 9.99. The SMILES string of the molecule is CN1CCc2cc(Nc3ncc4ccc(-c5cccc(S(=O)(=O)NC(C)(C)C)c5)n4n3)ccc2C1. The predicted molar refractivity (Wildman–Crippen MR) is 138 cm³/mol. The van der Waals surface area contributed by atoms with Gasteiger partial charge in [-0.25, -0.2) is 22.6 Å². The van der Waals surface area contributed by atoms with Gasteiger partial charge in [0.2, 0.25) is 16.0 Å². The molecule has 0 atom stereocenters. The summed E-state index contributed by atoms with van der Waals surface area (Å²) < 4.78 is 30.2. The average molecular weight is 491 g/mol. The van der Waals surface area contributed by atoms with E-state index in [1.807, 2.05) is 39.0 Å². The van der Waals surface area contributed by atoms with Gasteiger partial charge in [0.1, 0.15) is 0 Å². The van der Waals surface area contributed by atoms with Crippen molar-refractivity contribution in [1.82, 2.24) is 24.2 Å². The number of benzene rings is 2. The van der Waals surface area contributed by atoms with Crippen molar-refractivity contribution in [2.45, 2.75) is 44.2 Å². The van der Waals surface area contributed by atoms with Gasteiger partial charge in [-0.15, -0.1) is 5.10 Å². The second kappa shape index (κ2) is 8.75. The second-order valence-corrected chi connectivity index (χ2v) is 11.8. The van der Waals surface area contributed by atoms with Gasteiger partial charge in [-0.3, -0.25) is 0 Å². The summed E-state index contributed by atoms with van der Waals surface area (Å²) in [7, 11) is -1.51. The molecule has 9 heteroatoms. The molecule has 8 nitrogen and oxygen atoms in total. The van der Waals surface area contributed by atoms with Gasteiger partial charge < -0.3 is 10.2 Å². The summed E-state index contributed by atoms with van der Waals surface area (Å²) in [6.07, 6.45) is 2.78. The normalized spacial score (nSPS) is 14.7. The summed E-state index contributed by atoms with van der Waals surface area (Å²) in [5.41, 5.74) is 5.43. The van der Waals surface area contributed by atoms with Gasteiger partial charge in [0, 0.05) is 29.9 Å². The van der Waals surface area contributed by atoms with Crippen LogP contribution in [0.3, 0.4) is 0 Å². The molecular formula is C26H30N6O2S. The molecule has 0 bridgehead atoms. The maximum Gasteiger partial charge on any atom is 0.245 e. The number of likely N-dealkylation sites (N-methyl/N-ethyl adjacent to an activating group) is 1. The lowest BCUT2D eigenvalue weighted by Gasteiger charge is -2.25. The lowest BCUT2D eigenvalue weighted by molar-refractivity contribution is 0.313. The molecule has 2 aromatic heterocycles. The van der Waals surface area contributed by atoms with Gasteiger partial charge in [0.05, 0.1) is 22.3 Å². The Hall–Kier alpha value is -3.27. The summed E-state index contributed by atoms with van der Waals surface area (Å²) in [5, 5.41) is 8.03. The topological polar surface area (TPSA) is 91.6 Å². The maximum absolute atomic E-state index is 12.9. The van der Waals surface area contributed by atoms with E-state index in [4.69, 9.17) is 5.10 Å². The van der Waals surface area contributed by atoms with Gasteiger partial charge in [-0.2, -0.15) is 0 Å². The van der Waals surface area contributed by atoms with Crippen molar-refractivity contribution in [2.24, 2.45) is 0 Å². The van der Waals surface area contributed by atoms with Crippen LogP contribution in [0.15, 0.2) is 65.7 Å². The first kappa shape index (κ1) is 23.5. The minimum absolute atomic E-state index is 0.215.